The van der Waals surface area contributed by atoms with E-state index in [4.69, 9.17) is 9.84 Å². The summed E-state index contributed by atoms with van der Waals surface area (Å²) in [5.41, 5.74) is -1.31. The van der Waals surface area contributed by atoms with Crippen LogP contribution in [0.2, 0.25) is 0 Å². The van der Waals surface area contributed by atoms with Gasteiger partial charge in [-0.2, -0.15) is 13.2 Å². The Bertz CT molecular complexity index is 1300. The van der Waals surface area contributed by atoms with E-state index in [1.807, 2.05) is 0 Å². The highest BCUT2D eigenvalue weighted by molar-refractivity contribution is 6.06. The summed E-state index contributed by atoms with van der Waals surface area (Å²) < 4.78 is 89.0. The Balaban J connectivity index is 1.71. The van der Waals surface area contributed by atoms with Gasteiger partial charge in [0.25, 0.3) is 11.8 Å². The molecule has 3 aromatic carbocycles. The summed E-state index contributed by atoms with van der Waals surface area (Å²) in [5, 5.41) is 11.2. The fraction of sp³-hybridized carbons (Fsp3) is 0.296. The van der Waals surface area contributed by atoms with Gasteiger partial charge in [-0.3, -0.25) is 4.79 Å². The number of aliphatic hydroxyl groups excluding tert-OH is 1. The second-order valence-corrected chi connectivity index (χ2v) is 8.93. The molecule has 0 atom stereocenters. The van der Waals surface area contributed by atoms with Gasteiger partial charge in [0.15, 0.2) is 0 Å². The monoisotopic (exact) mass is 523 g/mol. The maximum Gasteiger partial charge on any atom is 0.416 e. The molecule has 2 N–H and O–H groups in total. The summed E-state index contributed by atoms with van der Waals surface area (Å²) in [6.45, 7) is 0.832. The lowest BCUT2D eigenvalue weighted by atomic mass is 9.98. The minimum Gasteiger partial charge on any atom is -0.456 e. The van der Waals surface area contributed by atoms with Gasteiger partial charge in [0.05, 0.1) is 11.1 Å². The van der Waals surface area contributed by atoms with Crippen molar-refractivity contribution in [3.05, 3.63) is 88.2 Å². The molecule has 0 aromatic heterocycles. The third-order valence-corrected chi connectivity index (χ3v) is 6.07. The van der Waals surface area contributed by atoms with Crippen molar-refractivity contribution in [3.8, 4) is 11.5 Å². The molecule has 0 spiro atoms. The molecule has 0 aliphatic heterocycles. The van der Waals surface area contributed by atoms with Gasteiger partial charge in [-0.1, -0.05) is 12.1 Å². The summed E-state index contributed by atoms with van der Waals surface area (Å²) in [4.78, 5) is 13.1. The van der Waals surface area contributed by atoms with E-state index < -0.39 is 48.0 Å². The van der Waals surface area contributed by atoms with Crippen molar-refractivity contribution in [3.63, 3.8) is 0 Å². The first kappa shape index (κ1) is 26.5. The standard InChI is InChI=1S/C27H23F6NO3/c1-15-12-18(28)6-9-23(15)37-24-14-20(16-2-3-16)22(27(31,32)33)13-21(24)25(36)34-19-7-4-17(5-8-19)26(29,30)10-11-35/h4-9,12-14,16,35H,2-3,10-11H2,1H3,(H,34,36). The van der Waals surface area contributed by atoms with Crippen LogP contribution in [0.5, 0.6) is 11.5 Å². The minimum absolute atomic E-state index is 0.00859. The number of nitrogens with one attached hydrogen (secondary N) is 1. The van der Waals surface area contributed by atoms with Gasteiger partial charge in [-0.05, 0) is 79.3 Å². The van der Waals surface area contributed by atoms with Crippen molar-refractivity contribution in [2.45, 2.75) is 44.2 Å². The molecule has 196 valence electrons. The van der Waals surface area contributed by atoms with Crippen LogP contribution in [0.1, 0.15) is 57.8 Å². The van der Waals surface area contributed by atoms with Crippen molar-refractivity contribution in [2.75, 3.05) is 11.9 Å². The average molecular weight is 523 g/mol. The van der Waals surface area contributed by atoms with E-state index in [0.29, 0.717) is 18.4 Å². The van der Waals surface area contributed by atoms with E-state index in [9.17, 15) is 31.1 Å². The van der Waals surface area contributed by atoms with Gasteiger partial charge >= 0.3 is 6.18 Å². The fourth-order valence-electron chi connectivity index (χ4n) is 3.96. The van der Waals surface area contributed by atoms with Crippen molar-refractivity contribution in [2.24, 2.45) is 0 Å². The molecule has 1 fully saturated rings. The number of carbonyl (C=O) groups is 1. The molecule has 1 aliphatic rings. The Hall–Kier alpha value is -3.53. The maximum atomic E-state index is 14.0. The van der Waals surface area contributed by atoms with Crippen LogP contribution < -0.4 is 10.1 Å². The minimum atomic E-state index is -4.72. The molecule has 0 bridgehead atoms. The van der Waals surface area contributed by atoms with Crippen LogP contribution in [0.4, 0.5) is 32.0 Å². The van der Waals surface area contributed by atoms with Crippen LogP contribution in [0.3, 0.4) is 0 Å². The van der Waals surface area contributed by atoms with Crippen LogP contribution in [0.25, 0.3) is 0 Å². The fourth-order valence-corrected chi connectivity index (χ4v) is 3.96. The van der Waals surface area contributed by atoms with Crippen molar-refractivity contribution < 1.29 is 41.0 Å². The van der Waals surface area contributed by atoms with Crippen molar-refractivity contribution in [1.82, 2.24) is 0 Å². The second kappa shape index (κ2) is 10.1. The first-order valence-corrected chi connectivity index (χ1v) is 11.5. The third-order valence-electron chi connectivity index (χ3n) is 6.07. The molecule has 3 aromatic rings. The number of hydrogen-bond donors (Lipinski definition) is 2. The second-order valence-electron chi connectivity index (χ2n) is 8.93. The molecule has 1 amide bonds. The van der Waals surface area contributed by atoms with Gasteiger partial charge in [0, 0.05) is 24.3 Å². The number of alkyl halides is 5. The zero-order valence-electron chi connectivity index (χ0n) is 19.6. The highest BCUT2D eigenvalue weighted by Crippen LogP contribution is 2.48. The Morgan fingerprint density at radius 1 is 1.00 bits per heavy atom. The molecule has 0 unspecified atom stereocenters. The predicted molar refractivity (Wildman–Crippen MR) is 125 cm³/mol. The summed E-state index contributed by atoms with van der Waals surface area (Å²) >= 11 is 0. The first-order chi connectivity index (χ1) is 17.4. The van der Waals surface area contributed by atoms with Crippen LogP contribution in [0, 0.1) is 12.7 Å². The molecule has 0 radical (unpaired) electrons. The molecule has 37 heavy (non-hydrogen) atoms. The number of halogens is 6. The summed E-state index contributed by atoms with van der Waals surface area (Å²) in [5.74, 6) is -5.07. The number of aryl methyl sites for hydroxylation is 1. The number of aliphatic hydroxyl groups is 1. The number of hydrogen-bond acceptors (Lipinski definition) is 3. The molecule has 0 heterocycles. The number of benzene rings is 3. The topological polar surface area (TPSA) is 58.6 Å². The Labute approximate surface area is 208 Å². The molecule has 1 aliphatic carbocycles. The van der Waals surface area contributed by atoms with E-state index in [-0.39, 0.29) is 34.2 Å². The molecule has 4 nitrogen and oxygen atoms in total. The molecule has 4 rings (SSSR count). The third kappa shape index (κ3) is 6.07. The lowest BCUT2D eigenvalue weighted by molar-refractivity contribution is -0.138. The van der Waals surface area contributed by atoms with Crippen LogP contribution >= 0.6 is 0 Å². The maximum absolute atomic E-state index is 14.0. The van der Waals surface area contributed by atoms with E-state index >= 15 is 0 Å². The smallest absolute Gasteiger partial charge is 0.416 e. The number of rotatable bonds is 8. The van der Waals surface area contributed by atoms with E-state index in [1.54, 1.807) is 6.92 Å². The SMILES string of the molecule is Cc1cc(F)ccc1Oc1cc(C2CC2)c(C(F)(F)F)cc1C(=O)Nc1ccc(C(F)(F)CCO)cc1. The van der Waals surface area contributed by atoms with Gasteiger partial charge in [0.1, 0.15) is 17.3 Å². The first-order valence-electron chi connectivity index (χ1n) is 11.5. The van der Waals surface area contributed by atoms with Gasteiger partial charge < -0.3 is 15.2 Å². The molecule has 1 saturated carbocycles. The highest BCUT2D eigenvalue weighted by Gasteiger charge is 2.40. The molecular weight excluding hydrogens is 500 g/mol. The normalized spacial score (nSPS) is 13.9. The lowest BCUT2D eigenvalue weighted by Gasteiger charge is -2.19. The number of anilines is 1. The van der Waals surface area contributed by atoms with Gasteiger partial charge in [-0.25, -0.2) is 13.2 Å². The quantitative estimate of drug-likeness (QED) is 0.300. The molecule has 10 heteroatoms. The van der Waals surface area contributed by atoms with Crippen LogP contribution in [-0.2, 0) is 12.1 Å². The summed E-state index contributed by atoms with van der Waals surface area (Å²) in [6.07, 6.45) is -4.37. The van der Waals surface area contributed by atoms with Crippen molar-refractivity contribution in [1.29, 1.82) is 0 Å². The Morgan fingerprint density at radius 2 is 1.68 bits per heavy atom. The van der Waals surface area contributed by atoms with Gasteiger partial charge in [0.2, 0.25) is 0 Å². The summed E-state index contributed by atoms with van der Waals surface area (Å²) in [7, 11) is 0. The predicted octanol–water partition coefficient (Wildman–Crippen LogP) is 7.55. The zero-order chi connectivity index (χ0) is 27.0. The Morgan fingerprint density at radius 3 is 2.24 bits per heavy atom. The lowest BCUT2D eigenvalue weighted by Crippen LogP contribution is -2.18. The zero-order valence-corrected chi connectivity index (χ0v) is 19.6. The number of ether oxygens (including phenoxy) is 1. The van der Waals surface area contributed by atoms with E-state index in [2.05, 4.69) is 5.32 Å². The average Bonchev–Trinajstić information content (AvgIpc) is 3.66. The largest absolute Gasteiger partial charge is 0.456 e. The molecular formula is C27H23F6NO3. The number of carbonyl (C=O) groups excluding carboxylic acids is 1. The Kier molecular flexibility index (Phi) is 7.23. The number of amides is 1. The van der Waals surface area contributed by atoms with Crippen molar-refractivity contribution >= 4 is 11.6 Å². The van der Waals surface area contributed by atoms with Crippen LogP contribution in [0.15, 0.2) is 54.6 Å². The van der Waals surface area contributed by atoms with Crippen LogP contribution in [-0.4, -0.2) is 17.6 Å². The highest BCUT2D eigenvalue weighted by atomic mass is 19.4. The summed E-state index contributed by atoms with van der Waals surface area (Å²) in [6, 6.07) is 10.0. The molecule has 0 saturated heterocycles. The van der Waals surface area contributed by atoms with Gasteiger partial charge in [-0.15, -0.1) is 0 Å². The van der Waals surface area contributed by atoms with E-state index in [1.165, 1.54) is 30.3 Å². The van der Waals surface area contributed by atoms with E-state index in [0.717, 1.165) is 24.3 Å².